The van der Waals surface area contributed by atoms with Crippen LogP contribution < -0.4 is 16.4 Å². The molecule has 228 valence electrons. The maximum Gasteiger partial charge on any atom is 0.265 e. The van der Waals surface area contributed by atoms with Crippen LogP contribution in [0.3, 0.4) is 0 Å². The number of thiophene rings is 1. The van der Waals surface area contributed by atoms with Gasteiger partial charge in [0.25, 0.3) is 5.91 Å². The lowest BCUT2D eigenvalue weighted by Crippen LogP contribution is -2.50. The Morgan fingerprint density at radius 1 is 0.844 bits per heavy atom. The van der Waals surface area contributed by atoms with Crippen molar-refractivity contribution in [2.45, 2.75) is 12.6 Å². The highest BCUT2D eigenvalue weighted by molar-refractivity contribution is 7.20. The van der Waals surface area contributed by atoms with E-state index in [4.69, 9.17) is 5.73 Å². The number of nitrogens with two attached hydrogens (primary N) is 1. The highest BCUT2D eigenvalue weighted by atomic mass is 32.1. The van der Waals surface area contributed by atoms with Gasteiger partial charge in [-0.15, -0.1) is 11.3 Å². The molecule has 6 rings (SSSR count). The van der Waals surface area contributed by atoms with Crippen LogP contribution in [0.4, 0.5) is 11.4 Å². The van der Waals surface area contributed by atoms with Gasteiger partial charge in [0.15, 0.2) is 0 Å². The summed E-state index contributed by atoms with van der Waals surface area (Å²) in [6, 6.07) is 35.1. The number of para-hydroxylation sites is 2. The lowest BCUT2D eigenvalue weighted by molar-refractivity contribution is -0.127. The Labute approximate surface area is 268 Å². The Balaban J connectivity index is 1.18. The molecule has 4 aromatic carbocycles. The Kier molecular flexibility index (Phi) is 9.65. The molecule has 0 saturated carbocycles. The van der Waals surface area contributed by atoms with Gasteiger partial charge in [-0.3, -0.25) is 19.4 Å². The number of carbonyl (C=O) groups is 2. The first-order valence-corrected chi connectivity index (χ1v) is 16.0. The third kappa shape index (κ3) is 7.67. The maximum atomic E-state index is 13.9. The quantitative estimate of drug-likeness (QED) is 0.158. The minimum atomic E-state index is -0.441. The summed E-state index contributed by atoms with van der Waals surface area (Å²) in [7, 11) is 0. The molecule has 0 bridgehead atoms. The van der Waals surface area contributed by atoms with Crippen molar-refractivity contribution in [3.8, 4) is 0 Å². The molecule has 1 aliphatic heterocycles. The predicted molar refractivity (Wildman–Crippen MR) is 185 cm³/mol. The average molecular weight is 616 g/mol. The fourth-order valence-electron chi connectivity index (χ4n) is 5.64. The number of hydrogen-bond donors (Lipinski definition) is 3. The predicted octanol–water partition coefficient (Wildman–Crippen LogP) is 6.42. The van der Waals surface area contributed by atoms with Crippen molar-refractivity contribution in [2.24, 2.45) is 0 Å². The van der Waals surface area contributed by atoms with Gasteiger partial charge in [-0.2, -0.15) is 0 Å². The normalized spacial score (nSPS) is 14.8. The number of hydrogen-bond acceptors (Lipinski definition) is 6. The van der Waals surface area contributed by atoms with Gasteiger partial charge in [-0.25, -0.2) is 0 Å². The van der Waals surface area contributed by atoms with Crippen molar-refractivity contribution in [3.05, 3.63) is 137 Å². The number of nitrogen functional groups attached to an aromatic ring is 1. The van der Waals surface area contributed by atoms with Gasteiger partial charge in [-0.1, -0.05) is 97.1 Å². The number of carbonyl (C=O) groups excluding carboxylic acids is 2. The molecule has 1 saturated heterocycles. The van der Waals surface area contributed by atoms with E-state index in [1.165, 1.54) is 16.9 Å². The Morgan fingerprint density at radius 2 is 1.56 bits per heavy atom. The van der Waals surface area contributed by atoms with E-state index in [2.05, 4.69) is 50.8 Å². The Morgan fingerprint density at radius 3 is 2.31 bits per heavy atom. The van der Waals surface area contributed by atoms with Crippen LogP contribution >= 0.6 is 11.3 Å². The molecular formula is C37H37N5O2S. The molecule has 2 amide bonds. The monoisotopic (exact) mass is 615 g/mol. The van der Waals surface area contributed by atoms with Crippen LogP contribution in [0, 0.1) is 0 Å². The van der Waals surface area contributed by atoms with Crippen molar-refractivity contribution in [2.75, 3.05) is 43.8 Å². The third-order valence-electron chi connectivity index (χ3n) is 8.10. The molecule has 1 aliphatic rings. The van der Waals surface area contributed by atoms with Gasteiger partial charge in [0.1, 0.15) is 6.04 Å². The highest BCUT2D eigenvalue weighted by Gasteiger charge is 2.30. The second kappa shape index (κ2) is 14.3. The van der Waals surface area contributed by atoms with Crippen LogP contribution in [0.5, 0.6) is 0 Å². The summed E-state index contributed by atoms with van der Waals surface area (Å²) < 4.78 is 0.962. The standard InChI is InChI=1S/C37H37N5O2S/c38-31-15-7-8-16-32(31)40-36(43)34-24-29-17-18-30(25-33(29)45-34)35(37(44)39-26-28-12-5-2-6-13-28)42-22-20-41(21-23-42)19-9-14-27-10-3-1-4-11-27/h1-18,24-25,35H,19-23,26,38H2,(H,39,44)(H,40,43)/b14-9+. The molecule has 1 fully saturated rings. The number of nitrogens with zero attached hydrogens (tertiary/aromatic N) is 2. The molecule has 0 spiro atoms. The first kappa shape index (κ1) is 30.3. The van der Waals surface area contributed by atoms with Gasteiger partial charge in [0.2, 0.25) is 5.91 Å². The van der Waals surface area contributed by atoms with Crippen LogP contribution in [0.15, 0.2) is 115 Å². The van der Waals surface area contributed by atoms with Gasteiger partial charge in [0, 0.05) is 44.0 Å². The number of benzene rings is 4. The fraction of sp³-hybridized carbons (Fsp3) is 0.189. The molecule has 1 atom stereocenters. The van der Waals surface area contributed by atoms with E-state index >= 15 is 0 Å². The molecule has 7 nitrogen and oxygen atoms in total. The summed E-state index contributed by atoms with van der Waals surface area (Å²) in [5.41, 5.74) is 10.3. The molecular weight excluding hydrogens is 579 g/mol. The Hall–Kier alpha value is -4.76. The summed E-state index contributed by atoms with van der Waals surface area (Å²) in [4.78, 5) is 32.2. The topological polar surface area (TPSA) is 90.7 Å². The fourth-order valence-corrected chi connectivity index (χ4v) is 6.65. The highest BCUT2D eigenvalue weighted by Crippen LogP contribution is 2.32. The molecule has 45 heavy (non-hydrogen) atoms. The van der Waals surface area contributed by atoms with E-state index in [1.54, 1.807) is 12.1 Å². The maximum absolute atomic E-state index is 13.9. The molecule has 0 aliphatic carbocycles. The molecule has 8 heteroatoms. The van der Waals surface area contributed by atoms with Crippen LogP contribution in [-0.2, 0) is 11.3 Å². The lowest BCUT2D eigenvalue weighted by atomic mass is 10.0. The van der Waals surface area contributed by atoms with Crippen molar-refractivity contribution < 1.29 is 9.59 Å². The summed E-state index contributed by atoms with van der Waals surface area (Å²) in [5.74, 6) is -0.227. The van der Waals surface area contributed by atoms with Crippen molar-refractivity contribution in [3.63, 3.8) is 0 Å². The minimum Gasteiger partial charge on any atom is -0.397 e. The third-order valence-corrected chi connectivity index (χ3v) is 9.19. The first-order chi connectivity index (χ1) is 22.0. The van der Waals surface area contributed by atoms with Crippen LogP contribution in [-0.4, -0.2) is 54.3 Å². The summed E-state index contributed by atoms with van der Waals surface area (Å²) in [5, 5.41) is 7.07. The van der Waals surface area contributed by atoms with Crippen molar-refractivity contribution >= 4 is 50.7 Å². The zero-order chi connectivity index (χ0) is 31.0. The molecule has 5 aromatic rings. The number of amides is 2. The van der Waals surface area contributed by atoms with Crippen LogP contribution in [0.1, 0.15) is 32.4 Å². The van der Waals surface area contributed by atoms with Gasteiger partial charge in [-0.05, 0) is 46.3 Å². The molecule has 4 N–H and O–H groups in total. The zero-order valence-corrected chi connectivity index (χ0v) is 25.9. The van der Waals surface area contributed by atoms with Gasteiger partial charge >= 0.3 is 0 Å². The number of nitrogens with one attached hydrogen (secondary N) is 2. The van der Waals surface area contributed by atoms with Gasteiger partial charge in [0.05, 0.1) is 16.3 Å². The minimum absolute atomic E-state index is 0.0234. The van der Waals surface area contributed by atoms with Crippen molar-refractivity contribution in [1.29, 1.82) is 0 Å². The van der Waals surface area contributed by atoms with Gasteiger partial charge < -0.3 is 16.4 Å². The number of fused-ring (bicyclic) bond motifs is 1. The van der Waals surface area contributed by atoms with Crippen LogP contribution in [0.25, 0.3) is 16.2 Å². The largest absolute Gasteiger partial charge is 0.397 e. The summed E-state index contributed by atoms with van der Waals surface area (Å²) in [6.07, 6.45) is 4.37. The average Bonchev–Trinajstić information content (AvgIpc) is 3.51. The van der Waals surface area contributed by atoms with Crippen LogP contribution in [0.2, 0.25) is 0 Å². The second-order valence-electron chi connectivity index (χ2n) is 11.2. The van der Waals surface area contributed by atoms with E-state index in [9.17, 15) is 9.59 Å². The van der Waals surface area contributed by atoms with E-state index in [1.807, 2.05) is 78.9 Å². The van der Waals surface area contributed by atoms with E-state index in [-0.39, 0.29) is 11.8 Å². The Bertz CT molecular complexity index is 1780. The van der Waals surface area contributed by atoms with E-state index < -0.39 is 6.04 Å². The molecule has 1 aromatic heterocycles. The molecule has 1 unspecified atom stereocenters. The number of anilines is 2. The zero-order valence-electron chi connectivity index (χ0n) is 25.1. The lowest BCUT2D eigenvalue weighted by Gasteiger charge is -2.38. The SMILES string of the molecule is Nc1ccccc1NC(=O)c1cc2ccc(C(C(=O)NCc3ccccc3)N3CCN(C/C=C/c4ccccc4)CC3)cc2s1. The summed E-state index contributed by atoms with van der Waals surface area (Å²) >= 11 is 1.42. The second-order valence-corrected chi connectivity index (χ2v) is 12.3. The first-order valence-electron chi connectivity index (χ1n) is 15.2. The van der Waals surface area contributed by atoms with Crippen molar-refractivity contribution in [1.82, 2.24) is 15.1 Å². The molecule has 0 radical (unpaired) electrons. The molecule has 2 heterocycles. The smallest absolute Gasteiger partial charge is 0.265 e. The number of rotatable bonds is 10. The summed E-state index contributed by atoms with van der Waals surface area (Å²) in [6.45, 7) is 4.63. The van der Waals surface area contributed by atoms with E-state index in [0.717, 1.165) is 53.9 Å². The van der Waals surface area contributed by atoms with E-state index in [0.29, 0.717) is 22.8 Å². The number of piperazine rings is 1.